The van der Waals surface area contributed by atoms with Crippen LogP contribution in [-0.2, 0) is 5.41 Å². The molecule has 0 spiro atoms. The SMILES string of the molecule is CC.CC(C)(c1ccccc1)C(F)(F)F. The minimum atomic E-state index is -4.20. The molecule has 0 fully saturated rings. The van der Waals surface area contributed by atoms with Gasteiger partial charge in [-0.2, -0.15) is 13.2 Å². The third kappa shape index (κ3) is 3.26. The molecule has 0 saturated carbocycles. The van der Waals surface area contributed by atoms with Crippen molar-refractivity contribution in [2.24, 2.45) is 0 Å². The van der Waals surface area contributed by atoms with Crippen LogP contribution in [0.1, 0.15) is 33.3 Å². The van der Waals surface area contributed by atoms with Crippen molar-refractivity contribution >= 4 is 0 Å². The minimum absolute atomic E-state index is 0.294. The van der Waals surface area contributed by atoms with Gasteiger partial charge in [-0.25, -0.2) is 0 Å². The normalized spacial score (nSPS) is 11.7. The third-order valence-electron chi connectivity index (χ3n) is 2.20. The Labute approximate surface area is 89.1 Å². The lowest BCUT2D eigenvalue weighted by Crippen LogP contribution is -2.36. The van der Waals surface area contributed by atoms with Crippen LogP contribution in [-0.4, -0.2) is 6.18 Å². The first-order valence-corrected chi connectivity index (χ1v) is 4.98. The summed E-state index contributed by atoms with van der Waals surface area (Å²) in [6, 6.07) is 7.92. The van der Waals surface area contributed by atoms with Gasteiger partial charge in [-0.15, -0.1) is 0 Å². The lowest BCUT2D eigenvalue weighted by atomic mass is 9.84. The predicted octanol–water partition coefficient (Wildman–Crippen LogP) is 4.55. The van der Waals surface area contributed by atoms with E-state index in [0.29, 0.717) is 5.56 Å². The van der Waals surface area contributed by atoms with Crippen LogP contribution in [0.2, 0.25) is 0 Å². The van der Waals surface area contributed by atoms with Crippen LogP contribution in [0.25, 0.3) is 0 Å². The van der Waals surface area contributed by atoms with E-state index in [1.165, 1.54) is 26.0 Å². The number of hydrogen-bond acceptors (Lipinski definition) is 0. The highest BCUT2D eigenvalue weighted by Gasteiger charge is 2.48. The Morgan fingerprint density at radius 3 is 1.60 bits per heavy atom. The molecule has 0 unspecified atom stereocenters. The third-order valence-corrected chi connectivity index (χ3v) is 2.20. The standard InChI is InChI=1S/C10H11F3.C2H6/c1-9(2,10(11,12)13)8-6-4-3-5-7-8;1-2/h3-7H,1-2H3;1-2H3. The molecule has 0 atom stereocenters. The Kier molecular flexibility index (Phi) is 4.85. The van der Waals surface area contributed by atoms with Gasteiger partial charge in [-0.3, -0.25) is 0 Å². The Morgan fingerprint density at radius 1 is 0.867 bits per heavy atom. The fourth-order valence-electron chi connectivity index (χ4n) is 1.02. The second-order valence-corrected chi connectivity index (χ2v) is 3.49. The topological polar surface area (TPSA) is 0 Å². The zero-order valence-electron chi connectivity index (χ0n) is 9.52. The minimum Gasteiger partial charge on any atom is -0.170 e. The first kappa shape index (κ1) is 14.0. The van der Waals surface area contributed by atoms with Gasteiger partial charge in [0.05, 0.1) is 5.41 Å². The Hall–Kier alpha value is -0.990. The molecule has 0 aliphatic heterocycles. The molecule has 86 valence electrons. The molecular formula is C12H17F3. The van der Waals surface area contributed by atoms with Gasteiger partial charge < -0.3 is 0 Å². The van der Waals surface area contributed by atoms with Crippen molar-refractivity contribution in [3.8, 4) is 0 Å². The molecule has 0 aliphatic rings. The quantitative estimate of drug-likeness (QED) is 0.648. The van der Waals surface area contributed by atoms with Crippen LogP contribution >= 0.6 is 0 Å². The van der Waals surface area contributed by atoms with Crippen molar-refractivity contribution in [2.75, 3.05) is 0 Å². The van der Waals surface area contributed by atoms with Gasteiger partial charge in [0.25, 0.3) is 0 Å². The Morgan fingerprint density at radius 2 is 1.27 bits per heavy atom. The van der Waals surface area contributed by atoms with E-state index < -0.39 is 11.6 Å². The highest BCUT2D eigenvalue weighted by molar-refractivity contribution is 5.25. The van der Waals surface area contributed by atoms with E-state index >= 15 is 0 Å². The molecule has 0 radical (unpaired) electrons. The summed E-state index contributed by atoms with van der Waals surface area (Å²) in [5.74, 6) is 0. The van der Waals surface area contributed by atoms with Crippen molar-refractivity contribution in [1.82, 2.24) is 0 Å². The second-order valence-electron chi connectivity index (χ2n) is 3.49. The van der Waals surface area contributed by atoms with Crippen LogP contribution in [0.4, 0.5) is 13.2 Å². The number of benzene rings is 1. The lowest BCUT2D eigenvalue weighted by molar-refractivity contribution is -0.180. The summed E-state index contributed by atoms with van der Waals surface area (Å²) in [7, 11) is 0. The van der Waals surface area contributed by atoms with Gasteiger partial charge in [0.15, 0.2) is 0 Å². The van der Waals surface area contributed by atoms with Crippen molar-refractivity contribution < 1.29 is 13.2 Å². The maximum atomic E-state index is 12.5. The van der Waals surface area contributed by atoms with Gasteiger partial charge in [0.1, 0.15) is 0 Å². The van der Waals surface area contributed by atoms with Crippen LogP contribution in [0.3, 0.4) is 0 Å². The van der Waals surface area contributed by atoms with E-state index in [-0.39, 0.29) is 0 Å². The molecule has 0 heterocycles. The summed E-state index contributed by atoms with van der Waals surface area (Å²) in [6.45, 7) is 6.37. The van der Waals surface area contributed by atoms with Crippen molar-refractivity contribution in [3.63, 3.8) is 0 Å². The molecule has 0 amide bonds. The summed E-state index contributed by atoms with van der Waals surface area (Å²) in [5.41, 5.74) is -1.48. The molecule has 0 bridgehead atoms. The summed E-state index contributed by atoms with van der Waals surface area (Å²) < 4.78 is 37.6. The van der Waals surface area contributed by atoms with E-state index in [1.807, 2.05) is 13.8 Å². The van der Waals surface area contributed by atoms with Crippen LogP contribution in [0, 0.1) is 0 Å². The average molecular weight is 218 g/mol. The average Bonchev–Trinajstić information content (AvgIpc) is 2.20. The first-order chi connectivity index (χ1) is 6.86. The molecule has 0 aliphatic carbocycles. The second kappa shape index (κ2) is 5.19. The van der Waals surface area contributed by atoms with E-state index in [1.54, 1.807) is 18.2 Å². The Bertz CT molecular complexity index is 273. The van der Waals surface area contributed by atoms with Crippen molar-refractivity contribution in [3.05, 3.63) is 35.9 Å². The van der Waals surface area contributed by atoms with E-state index in [9.17, 15) is 13.2 Å². The molecule has 1 aromatic carbocycles. The number of hydrogen-bond donors (Lipinski definition) is 0. The summed E-state index contributed by atoms with van der Waals surface area (Å²) >= 11 is 0. The molecular weight excluding hydrogens is 201 g/mol. The van der Waals surface area contributed by atoms with Crippen LogP contribution < -0.4 is 0 Å². The zero-order chi connectivity index (χ0) is 12.1. The van der Waals surface area contributed by atoms with Gasteiger partial charge in [-0.1, -0.05) is 44.2 Å². The zero-order valence-corrected chi connectivity index (χ0v) is 9.52. The summed E-state index contributed by atoms with van der Waals surface area (Å²) in [5, 5.41) is 0. The number of rotatable bonds is 1. The molecule has 0 aromatic heterocycles. The maximum Gasteiger partial charge on any atom is 0.397 e. The maximum absolute atomic E-state index is 12.5. The smallest absolute Gasteiger partial charge is 0.170 e. The van der Waals surface area contributed by atoms with Gasteiger partial charge in [0.2, 0.25) is 0 Å². The summed E-state index contributed by atoms with van der Waals surface area (Å²) in [6.07, 6.45) is -4.20. The predicted molar refractivity (Wildman–Crippen MR) is 56.9 cm³/mol. The van der Waals surface area contributed by atoms with E-state index in [4.69, 9.17) is 0 Å². The molecule has 0 N–H and O–H groups in total. The first-order valence-electron chi connectivity index (χ1n) is 4.98. The highest BCUT2D eigenvalue weighted by atomic mass is 19.4. The van der Waals surface area contributed by atoms with E-state index in [2.05, 4.69) is 0 Å². The molecule has 0 saturated heterocycles. The molecule has 15 heavy (non-hydrogen) atoms. The number of halogens is 3. The van der Waals surface area contributed by atoms with Gasteiger partial charge >= 0.3 is 6.18 Å². The van der Waals surface area contributed by atoms with E-state index in [0.717, 1.165) is 0 Å². The van der Waals surface area contributed by atoms with Crippen LogP contribution in [0.5, 0.6) is 0 Å². The molecule has 1 rings (SSSR count). The molecule has 3 heteroatoms. The monoisotopic (exact) mass is 218 g/mol. The van der Waals surface area contributed by atoms with Gasteiger partial charge in [0, 0.05) is 0 Å². The number of alkyl halides is 3. The van der Waals surface area contributed by atoms with Crippen LogP contribution in [0.15, 0.2) is 30.3 Å². The fraction of sp³-hybridized carbons (Fsp3) is 0.500. The van der Waals surface area contributed by atoms with Gasteiger partial charge in [-0.05, 0) is 19.4 Å². The van der Waals surface area contributed by atoms with Crippen molar-refractivity contribution in [2.45, 2.75) is 39.3 Å². The van der Waals surface area contributed by atoms with Crippen molar-refractivity contribution in [1.29, 1.82) is 0 Å². The highest BCUT2D eigenvalue weighted by Crippen LogP contribution is 2.39. The lowest BCUT2D eigenvalue weighted by Gasteiger charge is -2.28. The summed E-state index contributed by atoms with van der Waals surface area (Å²) in [4.78, 5) is 0. The Balaban J connectivity index is 0.000000921. The largest absolute Gasteiger partial charge is 0.397 e. The molecule has 1 aromatic rings. The fourth-order valence-corrected chi connectivity index (χ4v) is 1.02. The molecule has 0 nitrogen and oxygen atoms in total.